The first-order chi connectivity index (χ1) is 10.8. The van der Waals surface area contributed by atoms with Gasteiger partial charge >= 0.3 is 5.97 Å². The third-order valence-electron chi connectivity index (χ3n) is 5.00. The van der Waals surface area contributed by atoms with Crippen molar-refractivity contribution in [3.63, 3.8) is 0 Å². The molecule has 1 aliphatic carbocycles. The molecule has 0 radical (unpaired) electrons. The van der Waals surface area contributed by atoms with Crippen molar-refractivity contribution in [1.29, 1.82) is 0 Å². The molecule has 1 aromatic carbocycles. The highest BCUT2D eigenvalue weighted by Crippen LogP contribution is 2.31. The van der Waals surface area contributed by atoms with Gasteiger partial charge in [-0.1, -0.05) is 45.0 Å². The fourth-order valence-corrected chi connectivity index (χ4v) is 3.19. The maximum absolute atomic E-state index is 12.3. The van der Waals surface area contributed by atoms with E-state index in [4.69, 9.17) is 5.11 Å². The van der Waals surface area contributed by atoms with Crippen LogP contribution in [-0.4, -0.2) is 23.5 Å². The van der Waals surface area contributed by atoms with E-state index in [-0.39, 0.29) is 23.2 Å². The number of amides is 1. The van der Waals surface area contributed by atoms with Crippen LogP contribution in [0.5, 0.6) is 0 Å². The zero-order chi connectivity index (χ0) is 17.0. The molecule has 2 atom stereocenters. The van der Waals surface area contributed by atoms with Gasteiger partial charge in [0.15, 0.2) is 0 Å². The van der Waals surface area contributed by atoms with Gasteiger partial charge in [-0.15, -0.1) is 0 Å². The second-order valence-corrected chi connectivity index (χ2v) is 7.20. The summed E-state index contributed by atoms with van der Waals surface area (Å²) in [6.07, 6.45) is 2.76. The molecule has 1 aliphatic rings. The fraction of sp³-hybridized carbons (Fsp3) is 0.579. The van der Waals surface area contributed by atoms with Gasteiger partial charge in [-0.3, -0.25) is 9.59 Å². The number of carboxylic acids is 1. The van der Waals surface area contributed by atoms with Crippen LogP contribution in [-0.2, 0) is 21.4 Å². The SMILES string of the molecule is CCc1ccc(C(C)(C)CNC(=O)[C@@H]2CC[C@H](C(=O)O)C2)cc1. The predicted molar refractivity (Wildman–Crippen MR) is 90.3 cm³/mol. The third kappa shape index (κ3) is 4.34. The Balaban J connectivity index is 1.90. The highest BCUT2D eigenvalue weighted by atomic mass is 16.4. The normalized spacial score (nSPS) is 21.2. The van der Waals surface area contributed by atoms with Crippen molar-refractivity contribution in [2.24, 2.45) is 11.8 Å². The Bertz CT molecular complexity index is 562. The van der Waals surface area contributed by atoms with E-state index in [1.165, 1.54) is 11.1 Å². The molecule has 1 amide bonds. The van der Waals surface area contributed by atoms with Crippen LogP contribution in [0.1, 0.15) is 51.2 Å². The highest BCUT2D eigenvalue weighted by Gasteiger charge is 2.34. The summed E-state index contributed by atoms with van der Waals surface area (Å²) in [5, 5.41) is 12.1. The molecule has 2 N–H and O–H groups in total. The van der Waals surface area contributed by atoms with Gasteiger partial charge in [0.05, 0.1) is 5.92 Å². The number of rotatable bonds is 6. The average Bonchev–Trinajstić information content (AvgIpc) is 3.03. The number of hydrogen-bond donors (Lipinski definition) is 2. The van der Waals surface area contributed by atoms with Gasteiger partial charge < -0.3 is 10.4 Å². The molecule has 1 saturated carbocycles. The monoisotopic (exact) mass is 317 g/mol. The summed E-state index contributed by atoms with van der Waals surface area (Å²) in [7, 11) is 0. The van der Waals surface area contributed by atoms with Gasteiger partial charge in [-0.2, -0.15) is 0 Å². The van der Waals surface area contributed by atoms with Crippen LogP contribution in [0.2, 0.25) is 0 Å². The number of aliphatic carboxylic acids is 1. The zero-order valence-corrected chi connectivity index (χ0v) is 14.3. The Hall–Kier alpha value is -1.84. The topological polar surface area (TPSA) is 66.4 Å². The molecular weight excluding hydrogens is 290 g/mol. The molecule has 23 heavy (non-hydrogen) atoms. The van der Waals surface area contributed by atoms with Crippen LogP contribution in [0.3, 0.4) is 0 Å². The Morgan fingerprint density at radius 3 is 2.30 bits per heavy atom. The number of carbonyl (C=O) groups excluding carboxylic acids is 1. The molecule has 4 heteroatoms. The summed E-state index contributed by atoms with van der Waals surface area (Å²) < 4.78 is 0. The van der Waals surface area contributed by atoms with E-state index < -0.39 is 5.97 Å². The zero-order valence-electron chi connectivity index (χ0n) is 14.3. The third-order valence-corrected chi connectivity index (χ3v) is 5.00. The molecule has 1 fully saturated rings. The minimum absolute atomic E-state index is 0.00740. The maximum Gasteiger partial charge on any atom is 0.306 e. The number of carbonyl (C=O) groups is 2. The molecular formula is C19H27NO3. The van der Waals surface area contributed by atoms with Crippen LogP contribution >= 0.6 is 0 Å². The fourth-order valence-electron chi connectivity index (χ4n) is 3.19. The molecule has 0 heterocycles. The van der Waals surface area contributed by atoms with Crippen LogP contribution in [0.25, 0.3) is 0 Å². The molecule has 126 valence electrons. The summed E-state index contributed by atoms with van der Waals surface area (Å²) in [5.41, 5.74) is 2.36. The summed E-state index contributed by atoms with van der Waals surface area (Å²) >= 11 is 0. The van der Waals surface area contributed by atoms with E-state index >= 15 is 0 Å². The minimum atomic E-state index is -0.781. The molecule has 0 aliphatic heterocycles. The molecule has 0 unspecified atom stereocenters. The number of hydrogen-bond acceptors (Lipinski definition) is 2. The predicted octanol–water partition coefficient (Wildman–Crippen LogP) is 3.14. The lowest BCUT2D eigenvalue weighted by atomic mass is 9.84. The molecule has 1 aromatic rings. The Kier molecular flexibility index (Phi) is 5.45. The molecule has 2 rings (SSSR count). The van der Waals surface area contributed by atoms with E-state index in [0.29, 0.717) is 25.8 Å². The van der Waals surface area contributed by atoms with Gasteiger partial charge in [0, 0.05) is 17.9 Å². The van der Waals surface area contributed by atoms with E-state index in [0.717, 1.165) is 6.42 Å². The second kappa shape index (κ2) is 7.16. The van der Waals surface area contributed by atoms with Crippen molar-refractivity contribution in [3.05, 3.63) is 35.4 Å². The van der Waals surface area contributed by atoms with Crippen LogP contribution in [0, 0.1) is 11.8 Å². The van der Waals surface area contributed by atoms with E-state index in [1.807, 2.05) is 0 Å². The first kappa shape index (κ1) is 17.5. The second-order valence-electron chi connectivity index (χ2n) is 7.20. The van der Waals surface area contributed by atoms with Crippen LogP contribution < -0.4 is 5.32 Å². The summed E-state index contributed by atoms with van der Waals surface area (Å²) in [6, 6.07) is 8.52. The Morgan fingerprint density at radius 2 is 1.78 bits per heavy atom. The number of benzene rings is 1. The van der Waals surface area contributed by atoms with Crippen molar-refractivity contribution in [2.45, 2.75) is 51.9 Å². The van der Waals surface area contributed by atoms with E-state index in [2.05, 4.69) is 50.4 Å². The first-order valence-corrected chi connectivity index (χ1v) is 8.43. The molecule has 0 aromatic heterocycles. The molecule has 0 bridgehead atoms. The lowest BCUT2D eigenvalue weighted by Gasteiger charge is -2.26. The lowest BCUT2D eigenvalue weighted by molar-refractivity contribution is -0.141. The van der Waals surface area contributed by atoms with Gasteiger partial charge in [-0.05, 0) is 36.8 Å². The van der Waals surface area contributed by atoms with Crippen molar-refractivity contribution in [3.8, 4) is 0 Å². The number of nitrogens with one attached hydrogen (secondary N) is 1. The van der Waals surface area contributed by atoms with E-state index in [9.17, 15) is 9.59 Å². The Labute approximate surface area is 138 Å². The lowest BCUT2D eigenvalue weighted by Crippen LogP contribution is -2.39. The Morgan fingerprint density at radius 1 is 1.17 bits per heavy atom. The maximum atomic E-state index is 12.3. The smallest absolute Gasteiger partial charge is 0.306 e. The summed E-state index contributed by atoms with van der Waals surface area (Å²) in [5.74, 6) is -1.31. The van der Waals surface area contributed by atoms with Crippen molar-refractivity contribution >= 4 is 11.9 Å². The molecule has 0 saturated heterocycles. The van der Waals surface area contributed by atoms with Crippen LogP contribution in [0.4, 0.5) is 0 Å². The van der Waals surface area contributed by atoms with E-state index in [1.54, 1.807) is 0 Å². The highest BCUT2D eigenvalue weighted by molar-refractivity contribution is 5.80. The van der Waals surface area contributed by atoms with Crippen molar-refractivity contribution < 1.29 is 14.7 Å². The molecule has 4 nitrogen and oxygen atoms in total. The summed E-state index contributed by atoms with van der Waals surface area (Å²) in [4.78, 5) is 23.3. The van der Waals surface area contributed by atoms with Crippen molar-refractivity contribution in [1.82, 2.24) is 5.32 Å². The minimum Gasteiger partial charge on any atom is -0.481 e. The van der Waals surface area contributed by atoms with Gasteiger partial charge in [0.1, 0.15) is 0 Å². The first-order valence-electron chi connectivity index (χ1n) is 8.43. The number of aryl methyl sites for hydroxylation is 1. The summed E-state index contributed by atoms with van der Waals surface area (Å²) in [6.45, 7) is 6.92. The standard InChI is InChI=1S/C19H27NO3/c1-4-13-5-9-16(10-6-13)19(2,3)12-20-17(21)14-7-8-15(11-14)18(22)23/h5-6,9-10,14-15H,4,7-8,11-12H2,1-3H3,(H,20,21)(H,22,23)/t14-,15+/m1/s1. The van der Waals surface area contributed by atoms with Gasteiger partial charge in [0.2, 0.25) is 5.91 Å². The van der Waals surface area contributed by atoms with Crippen molar-refractivity contribution in [2.75, 3.05) is 6.54 Å². The van der Waals surface area contributed by atoms with Gasteiger partial charge in [-0.25, -0.2) is 0 Å². The average molecular weight is 317 g/mol. The van der Waals surface area contributed by atoms with Gasteiger partial charge in [0.25, 0.3) is 0 Å². The number of carboxylic acid groups (broad SMARTS) is 1. The van der Waals surface area contributed by atoms with Crippen LogP contribution in [0.15, 0.2) is 24.3 Å². The quantitative estimate of drug-likeness (QED) is 0.847. The largest absolute Gasteiger partial charge is 0.481 e. The molecule has 0 spiro atoms.